The van der Waals surface area contributed by atoms with Crippen LogP contribution in [0, 0.1) is 0 Å². The Bertz CT molecular complexity index is 2320. The van der Waals surface area contributed by atoms with Crippen LogP contribution in [-0.4, -0.2) is 86.5 Å². The fourth-order valence-electron chi connectivity index (χ4n) is 9.62. The zero-order chi connectivity index (χ0) is 51.0. The summed E-state index contributed by atoms with van der Waals surface area (Å²) < 4.78 is 86.7. The van der Waals surface area contributed by atoms with E-state index in [0.29, 0.717) is 19.7 Å². The number of hydrogen-bond acceptors (Lipinski definition) is 6. The van der Waals surface area contributed by atoms with Gasteiger partial charge in [0, 0.05) is 30.8 Å². The Balaban J connectivity index is 0.000000263. The molecule has 2 unspecified atom stereocenters. The van der Waals surface area contributed by atoms with Crippen LogP contribution < -0.4 is 10.6 Å². The van der Waals surface area contributed by atoms with Gasteiger partial charge in [-0.3, -0.25) is 19.4 Å². The van der Waals surface area contributed by atoms with Crippen LogP contribution in [0.1, 0.15) is 127 Å². The molecule has 0 aromatic heterocycles. The minimum absolute atomic E-state index is 0.0346. The summed E-state index contributed by atoms with van der Waals surface area (Å²) in [4.78, 5) is 31.0. The van der Waals surface area contributed by atoms with Crippen LogP contribution in [0.4, 0.5) is 26.3 Å². The minimum Gasteiger partial charge on any atom is -0.416 e. The van der Waals surface area contributed by atoms with Crippen LogP contribution in [0.2, 0.25) is 28.2 Å². The highest BCUT2D eigenvalue weighted by molar-refractivity contribution is 6.74. The molecule has 2 atom stereocenters. The predicted octanol–water partition coefficient (Wildman–Crippen LogP) is 13.2. The van der Waals surface area contributed by atoms with Crippen molar-refractivity contribution >= 4 is 43.3 Å². The summed E-state index contributed by atoms with van der Waals surface area (Å²) in [6.07, 6.45) is -2.12. The topological polar surface area (TPSA) is 94.1 Å². The number of likely N-dealkylation sites (N-methyl/N-ethyl adjacent to an activating group) is 2. The third-order valence-electron chi connectivity index (χ3n) is 14.6. The summed E-state index contributed by atoms with van der Waals surface area (Å²) >= 11 is 12.1. The number of rotatable bonds is 16. The normalized spacial score (nSPS) is 17.0. The van der Waals surface area contributed by atoms with Crippen LogP contribution in [0.25, 0.3) is 0 Å². The molecule has 0 aliphatic heterocycles. The van der Waals surface area contributed by atoms with E-state index >= 15 is 0 Å². The van der Waals surface area contributed by atoms with Gasteiger partial charge in [-0.15, -0.1) is 0 Å². The van der Waals surface area contributed by atoms with Crippen molar-refractivity contribution in [3.8, 4) is 0 Å². The molecule has 2 amide bonds. The molecule has 4 aromatic rings. The number of β-amino-alcohol motifs (C(OH)–C–C–N with tert-alkyl or cyclic N) is 1. The molecule has 3 N–H and O–H groups in total. The highest BCUT2D eigenvalue weighted by Crippen LogP contribution is 2.47. The van der Waals surface area contributed by atoms with Crippen LogP contribution in [0.15, 0.2) is 97.1 Å². The van der Waals surface area contributed by atoms with E-state index in [2.05, 4.69) is 56.4 Å². The third-order valence-corrected chi connectivity index (χ3v) is 19.9. The number of hydrogen-bond donors (Lipinski definition) is 3. The lowest BCUT2D eigenvalue weighted by atomic mass is 9.81. The standard InChI is InChI=1S/C29H40ClF3N2O2Si.C23H26ClF3N2O2/c1-27(2,3)38(5,6)37-20-19-35(4)28(17-10-11-18-28)25(21-13-8-7-9-14-21)34-26(36)22-15-12-16-23(24(22)30)29(31,32)33;1-29(14-15-30)22(12-5-6-13-22)20(16-8-3-2-4-9-16)28-21(31)17-10-7-11-18(19(17)24)23(25,26)27/h7-9,12-16,25H,10-11,17-20H2,1-6H3,(H,34,36);2-4,7-11,20,30H,5-6,12-15H2,1H3,(H,28,31). The summed E-state index contributed by atoms with van der Waals surface area (Å²) in [6.45, 7) is 12.7. The average Bonchev–Trinajstić information content (AvgIpc) is 4.00. The van der Waals surface area contributed by atoms with Crippen LogP contribution in [0.5, 0.6) is 0 Å². The van der Waals surface area contributed by atoms with Gasteiger partial charge >= 0.3 is 12.4 Å². The summed E-state index contributed by atoms with van der Waals surface area (Å²) in [7, 11) is 2.03. The lowest BCUT2D eigenvalue weighted by Gasteiger charge is -2.46. The van der Waals surface area contributed by atoms with Crippen molar-refractivity contribution < 1.29 is 45.5 Å². The third kappa shape index (κ3) is 13.1. The molecule has 6 rings (SSSR count). The lowest BCUT2D eigenvalue weighted by Crippen LogP contribution is -2.56. The first-order chi connectivity index (χ1) is 32.3. The first-order valence-electron chi connectivity index (χ1n) is 23.4. The van der Waals surface area contributed by atoms with Crippen molar-refractivity contribution in [3.05, 3.63) is 140 Å². The molecular weight excluding hydrogens is 958 g/mol. The number of aliphatic hydroxyl groups is 1. The van der Waals surface area contributed by atoms with E-state index < -0.39 is 76.8 Å². The van der Waals surface area contributed by atoms with Gasteiger partial charge in [0.05, 0.1) is 51.0 Å². The number of benzene rings is 4. The van der Waals surface area contributed by atoms with Crippen LogP contribution in [0.3, 0.4) is 0 Å². The van der Waals surface area contributed by atoms with Gasteiger partial charge in [0.15, 0.2) is 8.32 Å². The maximum atomic E-state index is 13.5. The second-order valence-corrected chi connectivity index (χ2v) is 25.3. The lowest BCUT2D eigenvalue weighted by molar-refractivity contribution is -0.138. The Hall–Kier alpha value is -3.96. The van der Waals surface area contributed by atoms with E-state index in [4.69, 9.17) is 27.6 Å². The molecule has 0 spiro atoms. The van der Waals surface area contributed by atoms with E-state index in [0.717, 1.165) is 74.6 Å². The average molecular weight is 1020 g/mol. The second-order valence-electron chi connectivity index (χ2n) is 19.8. The van der Waals surface area contributed by atoms with Gasteiger partial charge in [-0.25, -0.2) is 0 Å². The molecule has 2 aliphatic carbocycles. The molecule has 8 nitrogen and oxygen atoms in total. The van der Waals surface area contributed by atoms with Gasteiger partial charge in [0.2, 0.25) is 0 Å². The van der Waals surface area contributed by atoms with Gasteiger partial charge in [-0.1, -0.05) is 142 Å². The van der Waals surface area contributed by atoms with E-state index in [1.165, 1.54) is 24.3 Å². The Kier molecular flexibility index (Phi) is 18.7. The zero-order valence-electron chi connectivity index (χ0n) is 40.5. The number of halogens is 8. The Labute approximate surface area is 414 Å². The maximum Gasteiger partial charge on any atom is 0.417 e. The van der Waals surface area contributed by atoms with E-state index in [1.807, 2.05) is 72.6 Å². The summed E-state index contributed by atoms with van der Waals surface area (Å²) in [5.41, 5.74) is -1.57. The largest absolute Gasteiger partial charge is 0.417 e. The Morgan fingerprint density at radius 1 is 0.638 bits per heavy atom. The van der Waals surface area contributed by atoms with Gasteiger partial charge in [0.25, 0.3) is 11.8 Å². The zero-order valence-corrected chi connectivity index (χ0v) is 43.0. The first kappa shape index (κ1) is 56.0. The summed E-state index contributed by atoms with van der Waals surface area (Å²) in [5.74, 6) is -1.28. The van der Waals surface area contributed by atoms with Gasteiger partial charge in [-0.05, 0) is 93.3 Å². The molecule has 17 heteroatoms. The highest BCUT2D eigenvalue weighted by Gasteiger charge is 2.48. The SMILES string of the molecule is CN(CCO)C1(C(NC(=O)c2cccc(C(F)(F)F)c2Cl)c2ccccc2)CCCC1.CN(CCO[Si](C)(C)C(C)(C)C)C1(C(NC(=O)c2cccc(C(F)(F)F)c2Cl)c2ccccc2)CCCC1. The number of amides is 2. The second kappa shape index (κ2) is 23.1. The molecular formula is C52H66Cl2F6N4O4Si. The molecule has 69 heavy (non-hydrogen) atoms. The van der Waals surface area contributed by atoms with Crippen LogP contribution in [-0.2, 0) is 16.8 Å². The monoisotopic (exact) mass is 1020 g/mol. The molecule has 2 fully saturated rings. The van der Waals surface area contributed by atoms with Crippen LogP contribution >= 0.6 is 23.2 Å². The number of nitrogens with zero attached hydrogens (tertiary/aromatic N) is 2. The molecule has 0 radical (unpaired) electrons. The fourth-order valence-corrected chi connectivity index (χ4v) is 11.3. The van der Waals surface area contributed by atoms with Crippen molar-refractivity contribution in [1.29, 1.82) is 0 Å². The number of carbonyl (C=O) groups excluding carboxylic acids is 2. The molecule has 2 saturated carbocycles. The Morgan fingerprint density at radius 2 is 1.00 bits per heavy atom. The highest BCUT2D eigenvalue weighted by atomic mass is 35.5. The number of carbonyl (C=O) groups is 2. The van der Waals surface area contributed by atoms with Gasteiger partial charge in [-0.2, -0.15) is 26.3 Å². The van der Waals surface area contributed by atoms with Gasteiger partial charge < -0.3 is 20.2 Å². The fraction of sp³-hybridized carbons (Fsp3) is 0.500. The molecule has 378 valence electrons. The molecule has 4 aromatic carbocycles. The van der Waals surface area contributed by atoms with Gasteiger partial charge in [0.1, 0.15) is 0 Å². The smallest absolute Gasteiger partial charge is 0.416 e. The number of alkyl halides is 6. The molecule has 0 saturated heterocycles. The number of nitrogens with one attached hydrogen (secondary N) is 2. The molecule has 0 bridgehead atoms. The van der Waals surface area contributed by atoms with Crippen molar-refractivity contribution in [3.63, 3.8) is 0 Å². The summed E-state index contributed by atoms with van der Waals surface area (Å²) in [6, 6.07) is 24.9. The van der Waals surface area contributed by atoms with E-state index in [1.54, 1.807) is 0 Å². The first-order valence-corrected chi connectivity index (χ1v) is 27.1. The van der Waals surface area contributed by atoms with Crippen molar-refractivity contribution in [2.24, 2.45) is 0 Å². The van der Waals surface area contributed by atoms with Crippen molar-refractivity contribution in [2.75, 3.05) is 40.4 Å². The quantitative estimate of drug-likeness (QED) is 0.0765. The van der Waals surface area contributed by atoms with E-state index in [9.17, 15) is 41.0 Å². The molecule has 0 heterocycles. The molecule has 2 aliphatic rings. The maximum absolute atomic E-state index is 13.5. The Morgan fingerprint density at radius 3 is 1.33 bits per heavy atom. The summed E-state index contributed by atoms with van der Waals surface area (Å²) in [5, 5.41) is 14.5. The van der Waals surface area contributed by atoms with E-state index in [-0.39, 0.29) is 22.8 Å². The van der Waals surface area contributed by atoms with Crippen molar-refractivity contribution in [1.82, 2.24) is 20.4 Å². The number of aliphatic hydroxyl groups excluding tert-OH is 1. The predicted molar refractivity (Wildman–Crippen MR) is 264 cm³/mol. The van der Waals surface area contributed by atoms with Crippen molar-refractivity contribution in [2.45, 2.75) is 126 Å². The minimum atomic E-state index is -4.65.